The number of hydrogen-bond donors (Lipinski definition) is 1. The van der Waals surface area contributed by atoms with Gasteiger partial charge in [0.2, 0.25) is 0 Å². The number of rotatable bonds is 5. The van der Waals surface area contributed by atoms with Gasteiger partial charge < -0.3 is 5.32 Å². The summed E-state index contributed by atoms with van der Waals surface area (Å²) in [4.78, 5) is 8.55. The molecule has 0 fully saturated rings. The van der Waals surface area contributed by atoms with Crippen LogP contribution in [0.5, 0.6) is 0 Å². The first-order valence-electron chi connectivity index (χ1n) is 8.92. The van der Waals surface area contributed by atoms with E-state index < -0.39 is 0 Å². The fourth-order valence-electron chi connectivity index (χ4n) is 3.17. The van der Waals surface area contributed by atoms with Gasteiger partial charge in [-0.05, 0) is 42.2 Å². The molecule has 136 valence electrons. The van der Waals surface area contributed by atoms with Crippen molar-refractivity contribution in [1.29, 1.82) is 0 Å². The maximum absolute atomic E-state index is 13.9. The number of aromatic nitrogens is 4. The standard InChI is InChI=1S/C21H20FN5/c1-3-15-7-9-16(10-8-15)20(17-5-4-6-18(22)12-17)26-19-11-14(2)25-21-23-13-24-27(19)21/h4-13,20,26H,3H2,1-2H3/t20-/m0/s1. The number of anilines is 1. The number of halogens is 1. The number of hydrogen-bond acceptors (Lipinski definition) is 4. The number of fused-ring (bicyclic) bond motifs is 1. The van der Waals surface area contributed by atoms with Gasteiger partial charge in [-0.3, -0.25) is 0 Å². The minimum absolute atomic E-state index is 0.235. The lowest BCUT2D eigenvalue weighted by atomic mass is 9.97. The van der Waals surface area contributed by atoms with E-state index in [1.807, 2.05) is 19.1 Å². The molecule has 0 bridgehead atoms. The quantitative estimate of drug-likeness (QED) is 0.575. The molecule has 0 amide bonds. The molecule has 27 heavy (non-hydrogen) atoms. The summed E-state index contributed by atoms with van der Waals surface area (Å²) in [6.07, 6.45) is 2.45. The zero-order valence-corrected chi connectivity index (χ0v) is 15.2. The van der Waals surface area contributed by atoms with Crippen LogP contribution in [0.3, 0.4) is 0 Å². The summed E-state index contributed by atoms with van der Waals surface area (Å²) in [6.45, 7) is 4.03. The Labute approximate surface area is 156 Å². The first-order chi connectivity index (χ1) is 13.1. The van der Waals surface area contributed by atoms with Gasteiger partial charge in [-0.25, -0.2) is 9.37 Å². The monoisotopic (exact) mass is 361 g/mol. The third-order valence-electron chi connectivity index (χ3n) is 4.58. The predicted molar refractivity (Wildman–Crippen MR) is 103 cm³/mol. The molecule has 0 aliphatic carbocycles. The summed E-state index contributed by atoms with van der Waals surface area (Å²) in [6, 6.07) is 16.7. The first-order valence-corrected chi connectivity index (χ1v) is 8.92. The topological polar surface area (TPSA) is 55.1 Å². The smallest absolute Gasteiger partial charge is 0.254 e. The Balaban J connectivity index is 1.80. The van der Waals surface area contributed by atoms with E-state index in [-0.39, 0.29) is 11.9 Å². The van der Waals surface area contributed by atoms with Gasteiger partial charge in [0.25, 0.3) is 5.78 Å². The molecule has 1 atom stereocenters. The SMILES string of the molecule is CCc1ccc([C@H](Nc2cc(C)nc3ncnn23)c2cccc(F)c2)cc1. The van der Waals surface area contributed by atoms with Crippen molar-refractivity contribution >= 4 is 11.6 Å². The van der Waals surface area contributed by atoms with Crippen molar-refractivity contribution in [3.8, 4) is 0 Å². The van der Waals surface area contributed by atoms with Crippen molar-refractivity contribution in [3.63, 3.8) is 0 Å². The summed E-state index contributed by atoms with van der Waals surface area (Å²) in [7, 11) is 0. The van der Waals surface area contributed by atoms with E-state index in [0.29, 0.717) is 5.78 Å². The molecule has 0 aliphatic rings. The molecule has 4 rings (SSSR count). The molecular formula is C21H20FN5. The van der Waals surface area contributed by atoms with Crippen molar-refractivity contribution < 1.29 is 4.39 Å². The van der Waals surface area contributed by atoms with Crippen molar-refractivity contribution in [2.45, 2.75) is 26.3 Å². The van der Waals surface area contributed by atoms with E-state index in [1.165, 1.54) is 18.0 Å². The summed E-state index contributed by atoms with van der Waals surface area (Å²) < 4.78 is 15.6. The van der Waals surface area contributed by atoms with Gasteiger partial charge in [-0.2, -0.15) is 14.6 Å². The second-order valence-electron chi connectivity index (χ2n) is 6.48. The molecule has 2 aromatic heterocycles. The zero-order chi connectivity index (χ0) is 18.8. The summed E-state index contributed by atoms with van der Waals surface area (Å²) in [5, 5.41) is 7.75. The van der Waals surface area contributed by atoms with Crippen LogP contribution < -0.4 is 5.32 Å². The third kappa shape index (κ3) is 3.51. The Morgan fingerprint density at radius 2 is 1.89 bits per heavy atom. The number of aryl methyl sites for hydroxylation is 2. The first kappa shape index (κ1) is 17.1. The predicted octanol–water partition coefficient (Wildman–Crippen LogP) is 4.34. The lowest BCUT2D eigenvalue weighted by Gasteiger charge is -2.22. The Morgan fingerprint density at radius 3 is 2.63 bits per heavy atom. The van der Waals surface area contributed by atoms with Gasteiger partial charge in [0, 0.05) is 11.8 Å². The zero-order valence-electron chi connectivity index (χ0n) is 15.2. The highest BCUT2D eigenvalue weighted by molar-refractivity contribution is 5.49. The second-order valence-corrected chi connectivity index (χ2v) is 6.48. The van der Waals surface area contributed by atoms with Gasteiger partial charge in [0.05, 0.1) is 6.04 Å². The van der Waals surface area contributed by atoms with E-state index >= 15 is 0 Å². The molecule has 0 unspecified atom stereocenters. The molecule has 0 aliphatic heterocycles. The Hall–Kier alpha value is -3.28. The van der Waals surface area contributed by atoms with Gasteiger partial charge in [-0.15, -0.1) is 0 Å². The highest BCUT2D eigenvalue weighted by Gasteiger charge is 2.17. The summed E-state index contributed by atoms with van der Waals surface area (Å²) in [5.41, 5.74) is 3.97. The fraction of sp³-hybridized carbons (Fsp3) is 0.190. The van der Waals surface area contributed by atoms with Crippen LogP contribution >= 0.6 is 0 Å². The van der Waals surface area contributed by atoms with Crippen molar-refractivity contribution in [1.82, 2.24) is 19.6 Å². The molecule has 0 saturated carbocycles. The van der Waals surface area contributed by atoms with Crippen molar-refractivity contribution in [2.24, 2.45) is 0 Å². The normalized spacial score (nSPS) is 12.3. The van der Waals surface area contributed by atoms with Gasteiger partial charge in [0.1, 0.15) is 18.0 Å². The van der Waals surface area contributed by atoms with Crippen molar-refractivity contribution in [2.75, 3.05) is 5.32 Å². The Kier molecular flexibility index (Phi) is 4.54. The molecule has 0 radical (unpaired) electrons. The maximum atomic E-state index is 13.9. The highest BCUT2D eigenvalue weighted by Crippen LogP contribution is 2.28. The molecule has 5 nitrogen and oxygen atoms in total. The minimum Gasteiger partial charge on any atom is -0.359 e. The molecule has 6 heteroatoms. The van der Waals surface area contributed by atoms with Gasteiger partial charge in [-0.1, -0.05) is 43.3 Å². The second kappa shape index (κ2) is 7.15. The molecule has 2 aromatic carbocycles. The van der Waals surface area contributed by atoms with E-state index in [1.54, 1.807) is 16.6 Å². The van der Waals surface area contributed by atoms with Crippen LogP contribution in [0.2, 0.25) is 0 Å². The van der Waals surface area contributed by atoms with Crippen LogP contribution in [-0.4, -0.2) is 19.6 Å². The average Bonchev–Trinajstić information content (AvgIpc) is 3.14. The van der Waals surface area contributed by atoms with Crippen LogP contribution in [-0.2, 0) is 6.42 Å². The third-order valence-corrected chi connectivity index (χ3v) is 4.58. The van der Waals surface area contributed by atoms with Crippen LogP contribution in [0.15, 0.2) is 60.9 Å². The van der Waals surface area contributed by atoms with Crippen LogP contribution in [0.25, 0.3) is 5.78 Å². The average molecular weight is 361 g/mol. The number of benzene rings is 2. The molecule has 1 N–H and O–H groups in total. The van der Waals surface area contributed by atoms with E-state index in [0.717, 1.165) is 29.1 Å². The van der Waals surface area contributed by atoms with E-state index in [2.05, 4.69) is 51.6 Å². The van der Waals surface area contributed by atoms with E-state index in [4.69, 9.17) is 0 Å². The highest BCUT2D eigenvalue weighted by atomic mass is 19.1. The number of nitrogens with one attached hydrogen (secondary N) is 1. The lowest BCUT2D eigenvalue weighted by molar-refractivity contribution is 0.624. The molecule has 2 heterocycles. The summed E-state index contributed by atoms with van der Waals surface area (Å²) >= 11 is 0. The minimum atomic E-state index is -0.263. The molecular weight excluding hydrogens is 341 g/mol. The van der Waals surface area contributed by atoms with Crippen LogP contribution in [0, 0.1) is 12.7 Å². The molecule has 0 spiro atoms. The Morgan fingerprint density at radius 1 is 1.07 bits per heavy atom. The molecule has 0 saturated heterocycles. The van der Waals surface area contributed by atoms with Gasteiger partial charge >= 0.3 is 0 Å². The Bertz CT molecular complexity index is 1070. The van der Waals surface area contributed by atoms with Crippen LogP contribution in [0.4, 0.5) is 10.2 Å². The summed E-state index contributed by atoms with van der Waals surface area (Å²) in [5.74, 6) is 1.02. The lowest BCUT2D eigenvalue weighted by Crippen LogP contribution is -2.16. The van der Waals surface area contributed by atoms with Gasteiger partial charge in [0.15, 0.2) is 0 Å². The number of nitrogens with zero attached hydrogens (tertiary/aromatic N) is 4. The van der Waals surface area contributed by atoms with E-state index in [9.17, 15) is 4.39 Å². The van der Waals surface area contributed by atoms with Crippen molar-refractivity contribution in [3.05, 3.63) is 89.1 Å². The molecule has 4 aromatic rings. The van der Waals surface area contributed by atoms with Crippen LogP contribution in [0.1, 0.15) is 35.3 Å². The maximum Gasteiger partial charge on any atom is 0.254 e. The largest absolute Gasteiger partial charge is 0.359 e. The fourth-order valence-corrected chi connectivity index (χ4v) is 3.17.